The Balaban J connectivity index is 2.81. The molecule has 0 radical (unpaired) electrons. The van der Waals surface area contributed by atoms with Crippen LogP contribution in [-0.4, -0.2) is 5.78 Å². The van der Waals surface area contributed by atoms with Gasteiger partial charge in [-0.1, -0.05) is 81.6 Å². The molecule has 1 rings (SSSR count). The third kappa shape index (κ3) is 5.60. The molecule has 0 heterocycles. The molecule has 0 N–H and O–H groups in total. The van der Waals surface area contributed by atoms with Gasteiger partial charge in [-0.15, -0.1) is 0 Å². The zero-order chi connectivity index (χ0) is 18.8. The second kappa shape index (κ2) is 7.50. The average molecular weight is 337 g/mol. The summed E-state index contributed by atoms with van der Waals surface area (Å²) in [5.74, 6) is 1.29. The highest BCUT2D eigenvalue weighted by Gasteiger charge is 2.46. The lowest BCUT2D eigenvalue weighted by Gasteiger charge is -2.45. The highest BCUT2D eigenvalue weighted by Crippen LogP contribution is 2.49. The Hall–Kier alpha value is -0.330. The smallest absolute Gasteiger partial charge is 0.139 e. The predicted octanol–water partition coefficient (Wildman–Crippen LogP) is 7.43. The van der Waals surface area contributed by atoms with E-state index in [1.807, 2.05) is 0 Å². The van der Waals surface area contributed by atoms with Gasteiger partial charge in [-0.25, -0.2) is 0 Å². The second-order valence-electron chi connectivity index (χ2n) is 11.6. The first-order chi connectivity index (χ1) is 10.7. The fourth-order valence-corrected chi connectivity index (χ4v) is 4.64. The van der Waals surface area contributed by atoms with Crippen LogP contribution in [0.25, 0.3) is 0 Å². The number of hydrogen-bond donors (Lipinski definition) is 0. The average Bonchev–Trinajstić information content (AvgIpc) is 2.42. The summed E-state index contributed by atoms with van der Waals surface area (Å²) in [5, 5.41) is 0. The standard InChI is InChI=1S/C23H44O/c1-20(2,3)17-23(9,21(4,5)6)19(24)15-16-22(7,8)18-13-11-10-12-14-18/h18H,10-17H2,1-9H3. The van der Waals surface area contributed by atoms with Crippen LogP contribution in [0.15, 0.2) is 0 Å². The fraction of sp³-hybridized carbons (Fsp3) is 0.957. The molecule has 0 aromatic carbocycles. The van der Waals surface area contributed by atoms with E-state index in [1.165, 1.54) is 32.1 Å². The van der Waals surface area contributed by atoms with Gasteiger partial charge in [0, 0.05) is 11.8 Å². The van der Waals surface area contributed by atoms with Crippen molar-refractivity contribution in [3.63, 3.8) is 0 Å². The minimum atomic E-state index is -0.242. The van der Waals surface area contributed by atoms with Crippen molar-refractivity contribution in [3.8, 4) is 0 Å². The Morgan fingerprint density at radius 1 is 0.833 bits per heavy atom. The molecule has 0 aromatic rings. The topological polar surface area (TPSA) is 17.1 Å². The molecule has 0 bridgehead atoms. The first kappa shape index (κ1) is 21.7. The number of carbonyl (C=O) groups is 1. The highest BCUT2D eigenvalue weighted by molar-refractivity contribution is 5.85. The number of hydrogen-bond acceptors (Lipinski definition) is 1. The molecular formula is C23H44O. The maximum absolute atomic E-state index is 13.3. The summed E-state index contributed by atoms with van der Waals surface area (Å²) < 4.78 is 0. The largest absolute Gasteiger partial charge is 0.299 e. The minimum Gasteiger partial charge on any atom is -0.299 e. The van der Waals surface area contributed by atoms with Crippen LogP contribution in [0.1, 0.15) is 114 Å². The van der Waals surface area contributed by atoms with Gasteiger partial charge in [0.2, 0.25) is 0 Å². The van der Waals surface area contributed by atoms with Crippen LogP contribution in [0.3, 0.4) is 0 Å². The number of ketones is 1. The maximum atomic E-state index is 13.3. The van der Waals surface area contributed by atoms with Crippen molar-refractivity contribution in [2.45, 2.75) is 114 Å². The molecule has 1 aliphatic rings. The minimum absolute atomic E-state index is 0.00629. The van der Waals surface area contributed by atoms with Gasteiger partial charge < -0.3 is 0 Å². The molecule has 1 fully saturated rings. The highest BCUT2D eigenvalue weighted by atomic mass is 16.1. The van der Waals surface area contributed by atoms with Gasteiger partial charge in [0.25, 0.3) is 0 Å². The fourth-order valence-electron chi connectivity index (χ4n) is 4.64. The zero-order valence-electron chi connectivity index (χ0n) is 18.1. The molecule has 0 spiro atoms. The van der Waals surface area contributed by atoms with Gasteiger partial charge >= 0.3 is 0 Å². The van der Waals surface area contributed by atoms with E-state index in [0.717, 1.165) is 25.2 Å². The third-order valence-corrected chi connectivity index (χ3v) is 6.86. The first-order valence-corrected chi connectivity index (χ1v) is 10.2. The molecule has 0 aromatic heterocycles. The van der Waals surface area contributed by atoms with E-state index in [-0.39, 0.29) is 16.2 Å². The lowest BCUT2D eigenvalue weighted by atomic mass is 9.58. The third-order valence-electron chi connectivity index (χ3n) is 6.86. The van der Waals surface area contributed by atoms with Crippen molar-refractivity contribution < 1.29 is 4.79 Å². The summed E-state index contributed by atoms with van der Waals surface area (Å²) in [6, 6.07) is 0. The summed E-state index contributed by atoms with van der Waals surface area (Å²) >= 11 is 0. The van der Waals surface area contributed by atoms with E-state index in [9.17, 15) is 4.79 Å². The molecule has 1 nitrogen and oxygen atoms in total. The summed E-state index contributed by atoms with van der Waals surface area (Å²) in [4.78, 5) is 13.3. The molecular weight excluding hydrogens is 292 g/mol. The van der Waals surface area contributed by atoms with E-state index < -0.39 is 0 Å². The maximum Gasteiger partial charge on any atom is 0.139 e. The van der Waals surface area contributed by atoms with Crippen molar-refractivity contribution >= 4 is 5.78 Å². The van der Waals surface area contributed by atoms with Crippen LogP contribution in [0.4, 0.5) is 0 Å². The SMILES string of the molecule is CC(C)(C)CC(C)(C(=O)CCC(C)(C)C1CCCCC1)C(C)(C)C. The molecule has 1 unspecified atom stereocenters. The van der Waals surface area contributed by atoms with Crippen molar-refractivity contribution in [1.82, 2.24) is 0 Å². The molecule has 0 saturated heterocycles. The van der Waals surface area contributed by atoms with Gasteiger partial charge in [-0.05, 0) is 47.8 Å². The van der Waals surface area contributed by atoms with Crippen LogP contribution in [0, 0.1) is 27.6 Å². The van der Waals surface area contributed by atoms with E-state index in [2.05, 4.69) is 62.3 Å². The van der Waals surface area contributed by atoms with Gasteiger partial charge in [0.05, 0.1) is 0 Å². The molecule has 1 saturated carbocycles. The van der Waals surface area contributed by atoms with E-state index in [4.69, 9.17) is 0 Å². The molecule has 1 heteroatoms. The van der Waals surface area contributed by atoms with E-state index in [1.54, 1.807) is 0 Å². The second-order valence-corrected chi connectivity index (χ2v) is 11.6. The Bertz CT molecular complexity index is 412. The summed E-state index contributed by atoms with van der Waals surface area (Å²) in [5.41, 5.74) is 0.243. The molecule has 1 aliphatic carbocycles. The lowest BCUT2D eigenvalue weighted by Crippen LogP contribution is -2.43. The van der Waals surface area contributed by atoms with Crippen LogP contribution >= 0.6 is 0 Å². The Morgan fingerprint density at radius 2 is 1.33 bits per heavy atom. The predicted molar refractivity (Wildman–Crippen MR) is 106 cm³/mol. The van der Waals surface area contributed by atoms with Gasteiger partial charge in [-0.2, -0.15) is 0 Å². The van der Waals surface area contributed by atoms with Crippen LogP contribution in [-0.2, 0) is 4.79 Å². The number of rotatable bonds is 6. The molecule has 24 heavy (non-hydrogen) atoms. The molecule has 0 aliphatic heterocycles. The normalized spacial score (nSPS) is 20.7. The number of Topliss-reactive ketones (excluding diaryl/α,β-unsaturated/α-hetero) is 1. The first-order valence-electron chi connectivity index (χ1n) is 10.2. The summed E-state index contributed by atoms with van der Waals surface area (Å²) in [6.07, 6.45) is 9.64. The Labute approximate surface area is 152 Å². The Morgan fingerprint density at radius 3 is 1.75 bits per heavy atom. The van der Waals surface area contributed by atoms with E-state index >= 15 is 0 Å². The lowest BCUT2D eigenvalue weighted by molar-refractivity contribution is -0.137. The van der Waals surface area contributed by atoms with Crippen molar-refractivity contribution in [2.24, 2.45) is 27.6 Å². The quantitative estimate of drug-likeness (QED) is 0.493. The molecule has 0 amide bonds. The zero-order valence-corrected chi connectivity index (χ0v) is 18.1. The van der Waals surface area contributed by atoms with Crippen molar-refractivity contribution in [3.05, 3.63) is 0 Å². The summed E-state index contributed by atoms with van der Waals surface area (Å²) in [6.45, 7) is 20.5. The van der Waals surface area contributed by atoms with E-state index in [0.29, 0.717) is 11.2 Å². The molecule has 142 valence electrons. The van der Waals surface area contributed by atoms with Crippen molar-refractivity contribution in [2.75, 3.05) is 0 Å². The van der Waals surface area contributed by atoms with Crippen LogP contribution < -0.4 is 0 Å². The number of carbonyl (C=O) groups excluding carboxylic acids is 1. The molecule has 1 atom stereocenters. The van der Waals surface area contributed by atoms with Crippen LogP contribution in [0.2, 0.25) is 0 Å². The van der Waals surface area contributed by atoms with Crippen LogP contribution in [0.5, 0.6) is 0 Å². The van der Waals surface area contributed by atoms with Gasteiger partial charge in [0.1, 0.15) is 5.78 Å². The van der Waals surface area contributed by atoms with Crippen molar-refractivity contribution in [1.29, 1.82) is 0 Å². The Kier molecular flexibility index (Phi) is 6.79. The summed E-state index contributed by atoms with van der Waals surface area (Å²) in [7, 11) is 0. The van der Waals surface area contributed by atoms with Gasteiger partial charge in [0.15, 0.2) is 0 Å². The van der Waals surface area contributed by atoms with Gasteiger partial charge in [-0.3, -0.25) is 4.79 Å². The monoisotopic (exact) mass is 336 g/mol.